The largest absolute Gasteiger partial charge is 0.342 e. The Morgan fingerprint density at radius 3 is 2.47 bits per heavy atom. The van der Waals surface area contributed by atoms with Crippen molar-refractivity contribution in [1.29, 1.82) is 0 Å². The van der Waals surface area contributed by atoms with E-state index in [1.54, 1.807) is 11.8 Å². The average Bonchev–Trinajstić information content (AvgIpc) is 2.18. The molecule has 0 amide bonds. The zero-order valence-corrected chi connectivity index (χ0v) is 9.82. The second-order valence-corrected chi connectivity index (χ2v) is 6.12. The minimum absolute atomic E-state index is 0.309. The molecule has 0 radical (unpaired) electrons. The SMILES string of the molecule is N[C@H](CCSc1ccccc1)P(=O)(O)O. The summed E-state index contributed by atoms with van der Waals surface area (Å²) in [5.41, 5.74) is 5.34. The zero-order valence-electron chi connectivity index (χ0n) is 8.11. The molecule has 0 aliphatic rings. The predicted molar refractivity (Wildman–Crippen MR) is 61.8 cm³/mol. The molecule has 1 atom stereocenters. The Hall–Kier alpha value is -0.320. The quantitative estimate of drug-likeness (QED) is 0.544. The summed E-state index contributed by atoms with van der Waals surface area (Å²) in [6.45, 7) is 0. The van der Waals surface area contributed by atoms with Gasteiger partial charge in [-0.2, -0.15) is 0 Å². The fraction of sp³-hybridized carbons (Fsp3) is 0.333. The highest BCUT2D eigenvalue weighted by molar-refractivity contribution is 7.99. The number of benzene rings is 1. The van der Waals surface area contributed by atoms with E-state index < -0.39 is 13.4 Å². The van der Waals surface area contributed by atoms with Crippen LogP contribution < -0.4 is 5.73 Å². The van der Waals surface area contributed by atoms with Gasteiger partial charge < -0.3 is 15.5 Å². The third-order valence-electron chi connectivity index (χ3n) is 1.86. The fourth-order valence-electron chi connectivity index (χ4n) is 0.982. The Labute approximate surface area is 93.0 Å². The molecule has 1 aromatic carbocycles. The van der Waals surface area contributed by atoms with E-state index in [1.165, 1.54) is 0 Å². The molecule has 0 heterocycles. The van der Waals surface area contributed by atoms with Gasteiger partial charge in [0.1, 0.15) is 5.78 Å². The lowest BCUT2D eigenvalue weighted by molar-refractivity contribution is 0.357. The summed E-state index contributed by atoms with van der Waals surface area (Å²) in [5.74, 6) is -0.440. The summed E-state index contributed by atoms with van der Waals surface area (Å²) >= 11 is 1.54. The van der Waals surface area contributed by atoms with Crippen LogP contribution in [0.25, 0.3) is 0 Å². The van der Waals surface area contributed by atoms with Gasteiger partial charge in [-0.25, -0.2) is 0 Å². The minimum Gasteiger partial charge on any atom is -0.323 e. The van der Waals surface area contributed by atoms with Gasteiger partial charge in [0.15, 0.2) is 0 Å². The number of nitrogens with two attached hydrogens (primary N) is 1. The molecule has 4 nitrogen and oxygen atoms in total. The highest BCUT2D eigenvalue weighted by atomic mass is 32.2. The van der Waals surface area contributed by atoms with E-state index in [4.69, 9.17) is 15.5 Å². The standard InChI is InChI=1S/C9H14NO3PS/c10-9(14(11,12)13)6-7-15-8-4-2-1-3-5-8/h1-5,9H,6-7,10H2,(H2,11,12,13)/t9-/m0/s1. The van der Waals surface area contributed by atoms with Crippen LogP contribution in [-0.2, 0) is 4.57 Å². The van der Waals surface area contributed by atoms with Crippen LogP contribution in [0.4, 0.5) is 0 Å². The molecule has 0 aliphatic carbocycles. The molecule has 0 unspecified atom stereocenters. The van der Waals surface area contributed by atoms with E-state index in [0.717, 1.165) is 4.90 Å². The molecule has 0 bridgehead atoms. The molecule has 84 valence electrons. The summed E-state index contributed by atoms with van der Waals surface area (Å²) in [4.78, 5) is 18.6. The first-order chi connectivity index (χ1) is 7.00. The average molecular weight is 247 g/mol. The lowest BCUT2D eigenvalue weighted by Crippen LogP contribution is -2.20. The Kier molecular flexibility index (Phi) is 4.83. The third-order valence-corrected chi connectivity index (χ3v) is 4.03. The summed E-state index contributed by atoms with van der Waals surface area (Å²) in [6.07, 6.45) is 0.309. The van der Waals surface area contributed by atoms with Gasteiger partial charge in [0, 0.05) is 10.6 Å². The van der Waals surface area contributed by atoms with Crippen molar-refractivity contribution < 1.29 is 14.4 Å². The van der Waals surface area contributed by atoms with Gasteiger partial charge in [-0.05, 0) is 18.6 Å². The molecule has 0 spiro atoms. The van der Waals surface area contributed by atoms with Crippen LogP contribution in [0.15, 0.2) is 35.2 Å². The first-order valence-electron chi connectivity index (χ1n) is 4.49. The van der Waals surface area contributed by atoms with Crippen LogP contribution in [0.5, 0.6) is 0 Å². The molecular formula is C9H14NO3PS. The fourth-order valence-corrected chi connectivity index (χ4v) is 2.58. The summed E-state index contributed by atoms with van der Waals surface area (Å²) in [6, 6.07) is 9.67. The monoisotopic (exact) mass is 247 g/mol. The van der Waals surface area contributed by atoms with E-state index in [2.05, 4.69) is 0 Å². The van der Waals surface area contributed by atoms with Crippen LogP contribution >= 0.6 is 19.4 Å². The van der Waals surface area contributed by atoms with E-state index in [9.17, 15) is 4.57 Å². The van der Waals surface area contributed by atoms with Crippen LogP contribution in [0.1, 0.15) is 6.42 Å². The molecule has 15 heavy (non-hydrogen) atoms. The molecule has 1 aromatic rings. The lowest BCUT2D eigenvalue weighted by Gasteiger charge is -2.12. The van der Waals surface area contributed by atoms with Gasteiger partial charge in [0.2, 0.25) is 0 Å². The minimum atomic E-state index is -4.11. The van der Waals surface area contributed by atoms with Crippen molar-refractivity contribution in [3.05, 3.63) is 30.3 Å². The Morgan fingerprint density at radius 1 is 1.33 bits per heavy atom. The second kappa shape index (κ2) is 5.68. The van der Waals surface area contributed by atoms with Crippen LogP contribution in [-0.4, -0.2) is 21.3 Å². The van der Waals surface area contributed by atoms with Crippen molar-refractivity contribution in [3.63, 3.8) is 0 Å². The van der Waals surface area contributed by atoms with Crippen molar-refractivity contribution in [2.45, 2.75) is 17.1 Å². The van der Waals surface area contributed by atoms with Crippen LogP contribution in [0.3, 0.4) is 0 Å². The Balaban J connectivity index is 2.31. The zero-order chi connectivity index (χ0) is 11.3. The normalized spacial score (nSPS) is 13.8. The van der Waals surface area contributed by atoms with Crippen LogP contribution in [0.2, 0.25) is 0 Å². The van der Waals surface area contributed by atoms with Gasteiger partial charge in [0.05, 0.1) is 0 Å². The van der Waals surface area contributed by atoms with Gasteiger partial charge >= 0.3 is 7.60 Å². The highest BCUT2D eigenvalue weighted by Gasteiger charge is 2.23. The molecule has 6 heteroatoms. The van der Waals surface area contributed by atoms with E-state index in [0.29, 0.717) is 12.2 Å². The van der Waals surface area contributed by atoms with Crippen molar-refractivity contribution in [1.82, 2.24) is 0 Å². The maximum atomic E-state index is 10.7. The number of rotatable bonds is 5. The predicted octanol–water partition coefficient (Wildman–Crippen LogP) is 1.63. The Morgan fingerprint density at radius 2 is 1.93 bits per heavy atom. The number of hydrogen-bond acceptors (Lipinski definition) is 3. The van der Waals surface area contributed by atoms with Crippen molar-refractivity contribution in [2.75, 3.05) is 5.75 Å². The van der Waals surface area contributed by atoms with E-state index in [-0.39, 0.29) is 0 Å². The van der Waals surface area contributed by atoms with Crippen molar-refractivity contribution in [2.24, 2.45) is 5.73 Å². The summed E-state index contributed by atoms with van der Waals surface area (Å²) in [7, 11) is -4.11. The number of hydrogen-bond donors (Lipinski definition) is 3. The molecule has 0 saturated carbocycles. The van der Waals surface area contributed by atoms with Gasteiger partial charge in [0.25, 0.3) is 0 Å². The van der Waals surface area contributed by atoms with E-state index in [1.807, 2.05) is 30.3 Å². The molecule has 0 fully saturated rings. The first-order valence-corrected chi connectivity index (χ1v) is 7.15. The van der Waals surface area contributed by atoms with Gasteiger partial charge in [-0.3, -0.25) is 4.57 Å². The summed E-state index contributed by atoms with van der Waals surface area (Å²) < 4.78 is 10.7. The number of thioether (sulfide) groups is 1. The molecule has 0 aromatic heterocycles. The lowest BCUT2D eigenvalue weighted by atomic mass is 10.4. The molecular weight excluding hydrogens is 233 g/mol. The van der Waals surface area contributed by atoms with Crippen LogP contribution in [0, 0.1) is 0 Å². The maximum Gasteiger partial charge on any atom is 0.342 e. The molecule has 1 rings (SSSR count). The van der Waals surface area contributed by atoms with Gasteiger partial charge in [-0.15, -0.1) is 11.8 Å². The summed E-state index contributed by atoms with van der Waals surface area (Å²) in [5, 5.41) is 0. The van der Waals surface area contributed by atoms with E-state index >= 15 is 0 Å². The van der Waals surface area contributed by atoms with Gasteiger partial charge in [-0.1, -0.05) is 18.2 Å². The first kappa shape index (κ1) is 12.7. The highest BCUT2D eigenvalue weighted by Crippen LogP contribution is 2.40. The molecule has 0 aliphatic heterocycles. The third kappa shape index (κ3) is 4.82. The topological polar surface area (TPSA) is 83.6 Å². The molecule has 4 N–H and O–H groups in total. The molecule has 0 saturated heterocycles. The Bertz CT molecular complexity index is 340. The second-order valence-electron chi connectivity index (χ2n) is 3.11. The smallest absolute Gasteiger partial charge is 0.323 e. The van der Waals surface area contributed by atoms with Crippen molar-refractivity contribution in [3.8, 4) is 0 Å². The van der Waals surface area contributed by atoms with Crippen molar-refractivity contribution >= 4 is 19.4 Å². The maximum absolute atomic E-state index is 10.7.